The van der Waals surface area contributed by atoms with Crippen LogP contribution in [0.3, 0.4) is 0 Å². The maximum Gasteiger partial charge on any atom is 0.163 e. The number of rotatable bonds is 7. The summed E-state index contributed by atoms with van der Waals surface area (Å²) in [5.41, 5.74) is 2.68. The van der Waals surface area contributed by atoms with Crippen LogP contribution in [-0.4, -0.2) is 23.7 Å². The molecule has 2 aromatic rings. The van der Waals surface area contributed by atoms with Crippen molar-refractivity contribution in [2.24, 2.45) is 0 Å². The molecular formula is C20H19NO3. The zero-order chi connectivity index (χ0) is 17.4. The number of benzene rings is 2. The summed E-state index contributed by atoms with van der Waals surface area (Å²) in [6.07, 6.45) is 5.94. The molecule has 0 heterocycles. The Hall–Kier alpha value is -3.14. The Bertz CT molecular complexity index is 756. The highest BCUT2D eigenvalue weighted by atomic mass is 16.3. The normalized spacial score (nSPS) is 11.0. The summed E-state index contributed by atoms with van der Waals surface area (Å²) in [5, 5.41) is 12.2. The second-order valence-corrected chi connectivity index (χ2v) is 5.24. The van der Waals surface area contributed by atoms with Crippen LogP contribution in [0.25, 0.3) is 12.2 Å². The molecule has 0 unspecified atom stereocenters. The van der Waals surface area contributed by atoms with Crippen LogP contribution in [0.2, 0.25) is 0 Å². The first-order chi connectivity index (χ1) is 11.6. The van der Waals surface area contributed by atoms with Gasteiger partial charge in [-0.3, -0.25) is 9.59 Å². The number of carbonyl (C=O) groups excluding carboxylic acids is 2. The lowest BCUT2D eigenvalue weighted by Gasteiger charge is -1.99. The van der Waals surface area contributed by atoms with Crippen LogP contribution < -0.4 is 5.32 Å². The molecule has 24 heavy (non-hydrogen) atoms. The van der Waals surface area contributed by atoms with Crippen molar-refractivity contribution >= 4 is 29.4 Å². The average molecular weight is 321 g/mol. The van der Waals surface area contributed by atoms with Crippen LogP contribution in [0.4, 0.5) is 5.69 Å². The smallest absolute Gasteiger partial charge is 0.163 e. The van der Waals surface area contributed by atoms with Gasteiger partial charge in [-0.25, -0.2) is 0 Å². The van der Waals surface area contributed by atoms with Gasteiger partial charge in [-0.05, 0) is 47.5 Å². The van der Waals surface area contributed by atoms with Crippen molar-refractivity contribution in [1.29, 1.82) is 0 Å². The van der Waals surface area contributed by atoms with Crippen molar-refractivity contribution < 1.29 is 14.7 Å². The average Bonchev–Trinajstić information content (AvgIpc) is 2.60. The molecular weight excluding hydrogens is 302 g/mol. The van der Waals surface area contributed by atoms with Gasteiger partial charge in [0.05, 0.1) is 6.42 Å². The molecule has 0 spiro atoms. The minimum Gasteiger partial charge on any atom is -0.508 e. The van der Waals surface area contributed by atoms with Gasteiger partial charge >= 0.3 is 0 Å². The largest absolute Gasteiger partial charge is 0.508 e. The molecule has 0 bridgehead atoms. The van der Waals surface area contributed by atoms with Crippen LogP contribution >= 0.6 is 0 Å². The molecule has 0 fully saturated rings. The Morgan fingerprint density at radius 1 is 0.875 bits per heavy atom. The highest BCUT2D eigenvalue weighted by Gasteiger charge is 2.03. The van der Waals surface area contributed by atoms with E-state index in [9.17, 15) is 14.7 Å². The van der Waals surface area contributed by atoms with Crippen LogP contribution in [0.15, 0.2) is 60.7 Å². The highest BCUT2D eigenvalue weighted by molar-refractivity contribution is 6.10. The second-order valence-electron chi connectivity index (χ2n) is 5.24. The van der Waals surface area contributed by atoms with Crippen molar-refractivity contribution in [3.63, 3.8) is 0 Å². The molecule has 0 aromatic heterocycles. The van der Waals surface area contributed by atoms with Gasteiger partial charge in [-0.2, -0.15) is 0 Å². The van der Waals surface area contributed by atoms with Gasteiger partial charge in [0.2, 0.25) is 0 Å². The molecule has 4 nitrogen and oxygen atoms in total. The number of carbonyl (C=O) groups is 2. The lowest BCUT2D eigenvalue weighted by Crippen LogP contribution is -2.01. The van der Waals surface area contributed by atoms with Gasteiger partial charge in [-0.15, -0.1) is 0 Å². The van der Waals surface area contributed by atoms with Crippen molar-refractivity contribution in [1.82, 2.24) is 0 Å². The molecule has 0 atom stereocenters. The van der Waals surface area contributed by atoms with Gasteiger partial charge in [0.1, 0.15) is 5.75 Å². The van der Waals surface area contributed by atoms with Crippen molar-refractivity contribution in [3.8, 4) is 5.75 Å². The first-order valence-electron chi connectivity index (χ1n) is 7.55. The van der Waals surface area contributed by atoms with E-state index in [1.165, 1.54) is 24.3 Å². The van der Waals surface area contributed by atoms with E-state index in [0.29, 0.717) is 0 Å². The molecule has 0 aliphatic carbocycles. The maximum absolute atomic E-state index is 11.8. The predicted molar refractivity (Wildman–Crippen MR) is 96.8 cm³/mol. The summed E-state index contributed by atoms with van der Waals surface area (Å²) in [6, 6.07) is 14.1. The number of nitrogens with one attached hydrogen (secondary N) is 1. The topological polar surface area (TPSA) is 66.4 Å². The zero-order valence-corrected chi connectivity index (χ0v) is 13.4. The molecule has 2 aromatic carbocycles. The molecule has 2 rings (SSSR count). The molecule has 0 saturated heterocycles. The number of phenolic OH excluding ortho intramolecular Hbond substituents is 1. The number of hydrogen-bond donors (Lipinski definition) is 2. The summed E-state index contributed by atoms with van der Waals surface area (Å²) < 4.78 is 0. The Morgan fingerprint density at radius 2 is 1.33 bits per heavy atom. The van der Waals surface area contributed by atoms with Gasteiger partial charge < -0.3 is 10.4 Å². The molecule has 0 aliphatic heterocycles. The number of aromatic hydroxyl groups is 1. The molecule has 122 valence electrons. The van der Waals surface area contributed by atoms with E-state index in [1.807, 2.05) is 31.3 Å². The van der Waals surface area contributed by atoms with E-state index < -0.39 is 0 Å². The predicted octanol–water partition coefficient (Wildman–Crippen LogP) is 3.69. The highest BCUT2D eigenvalue weighted by Crippen LogP contribution is 2.11. The van der Waals surface area contributed by atoms with E-state index in [1.54, 1.807) is 24.3 Å². The Labute approximate surface area is 141 Å². The summed E-state index contributed by atoms with van der Waals surface area (Å²) >= 11 is 0. The van der Waals surface area contributed by atoms with Gasteiger partial charge in [-0.1, -0.05) is 36.4 Å². The van der Waals surface area contributed by atoms with E-state index in [0.717, 1.165) is 16.8 Å². The SMILES string of the molecule is CNc1ccc(/C=C/C(=O)CC(=O)/C=C/c2ccc(O)cc2)cc1. The Balaban J connectivity index is 1.87. The second kappa shape index (κ2) is 8.48. The monoisotopic (exact) mass is 321 g/mol. The lowest BCUT2D eigenvalue weighted by molar-refractivity contribution is -0.121. The van der Waals surface area contributed by atoms with Crippen LogP contribution in [0.1, 0.15) is 17.5 Å². The van der Waals surface area contributed by atoms with E-state index >= 15 is 0 Å². The summed E-state index contributed by atoms with van der Waals surface area (Å²) in [6.45, 7) is 0. The lowest BCUT2D eigenvalue weighted by atomic mass is 10.1. The number of allylic oxidation sites excluding steroid dienone is 2. The van der Waals surface area contributed by atoms with E-state index in [2.05, 4.69) is 5.32 Å². The Kier molecular flexibility index (Phi) is 6.08. The molecule has 0 radical (unpaired) electrons. The molecule has 0 amide bonds. The maximum atomic E-state index is 11.8. The standard InChI is InChI=1S/C20H19NO3/c1-21-17-8-2-15(3-9-17)6-12-19(23)14-20(24)13-7-16-4-10-18(22)11-5-16/h2-13,21-22H,14H2,1H3/b12-6+,13-7+. The number of phenols is 1. The van der Waals surface area contributed by atoms with Gasteiger partial charge in [0, 0.05) is 12.7 Å². The van der Waals surface area contributed by atoms with Crippen LogP contribution in [-0.2, 0) is 9.59 Å². The summed E-state index contributed by atoms with van der Waals surface area (Å²) in [4.78, 5) is 23.6. The summed E-state index contributed by atoms with van der Waals surface area (Å²) in [7, 11) is 1.84. The molecule has 0 saturated carbocycles. The fourth-order valence-electron chi connectivity index (χ4n) is 2.01. The van der Waals surface area contributed by atoms with Gasteiger partial charge in [0.15, 0.2) is 11.6 Å². The van der Waals surface area contributed by atoms with E-state index in [-0.39, 0.29) is 23.7 Å². The Morgan fingerprint density at radius 3 is 1.79 bits per heavy atom. The third kappa shape index (κ3) is 5.57. The van der Waals surface area contributed by atoms with Gasteiger partial charge in [0.25, 0.3) is 0 Å². The minimum absolute atomic E-state index is 0.167. The first-order valence-corrected chi connectivity index (χ1v) is 7.55. The van der Waals surface area contributed by atoms with Crippen molar-refractivity contribution in [2.75, 3.05) is 12.4 Å². The quantitative estimate of drug-likeness (QED) is 0.603. The van der Waals surface area contributed by atoms with Crippen LogP contribution in [0.5, 0.6) is 5.75 Å². The molecule has 4 heteroatoms. The van der Waals surface area contributed by atoms with Crippen molar-refractivity contribution in [2.45, 2.75) is 6.42 Å². The zero-order valence-electron chi connectivity index (χ0n) is 13.4. The third-order valence-corrected chi connectivity index (χ3v) is 3.36. The minimum atomic E-state index is -0.261. The number of hydrogen-bond acceptors (Lipinski definition) is 4. The fraction of sp³-hybridized carbons (Fsp3) is 0.100. The van der Waals surface area contributed by atoms with E-state index in [4.69, 9.17) is 0 Å². The number of anilines is 1. The summed E-state index contributed by atoms with van der Waals surface area (Å²) in [5.74, 6) is -0.335. The molecule has 0 aliphatic rings. The molecule has 2 N–H and O–H groups in total. The van der Waals surface area contributed by atoms with Crippen LogP contribution in [0, 0.1) is 0 Å². The fourth-order valence-corrected chi connectivity index (χ4v) is 2.01. The number of ketones is 2. The van der Waals surface area contributed by atoms with Crippen molar-refractivity contribution in [3.05, 3.63) is 71.8 Å². The third-order valence-electron chi connectivity index (χ3n) is 3.36. The first kappa shape index (κ1) is 17.2.